The Morgan fingerprint density at radius 2 is 0.889 bits per heavy atom. The zero-order chi connectivity index (χ0) is 46.3. The molecule has 0 saturated heterocycles. The number of carboxylic acid groups (broad SMARTS) is 1. The molecule has 8 nitrogen and oxygen atoms in total. The van der Waals surface area contributed by atoms with Gasteiger partial charge in [0, 0.05) is 19.3 Å². The highest BCUT2D eigenvalue weighted by Gasteiger charge is 2.25. The van der Waals surface area contributed by atoms with Crippen LogP contribution in [0.2, 0.25) is 0 Å². The monoisotopic (exact) mass is 882 g/mol. The molecule has 63 heavy (non-hydrogen) atoms. The molecule has 0 rings (SSSR count). The number of carbonyl (C=O) groups excluding carboxylic acids is 3. The standard InChI is InChI=1S/C55H95NO7/c1-6-8-10-12-14-16-18-20-22-24-25-26-27-28-29-30-32-33-35-37-39-41-43-45-53(57)62-50-51(49-61-48-47-52(55(59)60)56(3,4)5)63-54(58)46-44-42-40-38-36-34-31-23-21-19-17-15-13-11-9-7-2/h9,11,15,17,21,23,25-26,28-29,34,36,51-52H,6-8,10,12-14,16,18-20,22,24,27,30-33,35,37-50H2,1-5H3/b11-9+,17-15+,23-21+,26-25+,29-28+,36-34+. The van der Waals surface area contributed by atoms with E-state index >= 15 is 0 Å². The van der Waals surface area contributed by atoms with Gasteiger partial charge in [-0.05, 0) is 83.5 Å². The number of carbonyl (C=O) groups is 3. The third-order valence-electron chi connectivity index (χ3n) is 11.1. The van der Waals surface area contributed by atoms with Gasteiger partial charge < -0.3 is 28.6 Å². The van der Waals surface area contributed by atoms with Gasteiger partial charge in [-0.1, -0.05) is 177 Å². The van der Waals surface area contributed by atoms with Crippen molar-refractivity contribution in [1.29, 1.82) is 0 Å². The number of likely N-dealkylation sites (N-methyl/N-ethyl adjacent to an activating group) is 1. The van der Waals surface area contributed by atoms with E-state index in [-0.39, 0.29) is 49.1 Å². The van der Waals surface area contributed by atoms with E-state index < -0.39 is 18.1 Å². The van der Waals surface area contributed by atoms with Crippen LogP contribution in [-0.2, 0) is 28.6 Å². The van der Waals surface area contributed by atoms with Crippen molar-refractivity contribution in [3.05, 3.63) is 72.9 Å². The van der Waals surface area contributed by atoms with E-state index in [1.807, 2.05) is 0 Å². The number of unbranched alkanes of at least 4 members (excludes halogenated alkanes) is 19. The summed E-state index contributed by atoms with van der Waals surface area (Å²) in [7, 11) is 5.39. The predicted molar refractivity (Wildman–Crippen MR) is 263 cm³/mol. The van der Waals surface area contributed by atoms with Gasteiger partial charge in [0.1, 0.15) is 12.6 Å². The lowest BCUT2D eigenvalue weighted by molar-refractivity contribution is -0.889. The van der Waals surface area contributed by atoms with E-state index in [0.29, 0.717) is 12.8 Å². The summed E-state index contributed by atoms with van der Waals surface area (Å²) in [6.45, 7) is 4.51. The van der Waals surface area contributed by atoms with Gasteiger partial charge >= 0.3 is 11.9 Å². The van der Waals surface area contributed by atoms with Crippen molar-refractivity contribution in [2.75, 3.05) is 41.0 Å². The Hall–Kier alpha value is -3.23. The van der Waals surface area contributed by atoms with Gasteiger partial charge in [0.2, 0.25) is 0 Å². The van der Waals surface area contributed by atoms with Crippen LogP contribution in [0.3, 0.4) is 0 Å². The van der Waals surface area contributed by atoms with Crippen molar-refractivity contribution in [1.82, 2.24) is 0 Å². The Labute approximate surface area is 387 Å². The van der Waals surface area contributed by atoms with E-state index in [2.05, 4.69) is 86.8 Å². The van der Waals surface area contributed by atoms with Crippen molar-refractivity contribution in [3.63, 3.8) is 0 Å². The summed E-state index contributed by atoms with van der Waals surface area (Å²) < 4.78 is 17.2. The van der Waals surface area contributed by atoms with Crippen LogP contribution in [0.15, 0.2) is 72.9 Å². The highest BCUT2D eigenvalue weighted by molar-refractivity contribution is 5.70. The van der Waals surface area contributed by atoms with Gasteiger partial charge in [0.25, 0.3) is 0 Å². The van der Waals surface area contributed by atoms with Crippen LogP contribution in [-0.4, -0.2) is 75.5 Å². The zero-order valence-corrected chi connectivity index (χ0v) is 41.2. The number of esters is 2. The first-order chi connectivity index (χ1) is 30.6. The summed E-state index contributed by atoms with van der Waals surface area (Å²) >= 11 is 0. The summed E-state index contributed by atoms with van der Waals surface area (Å²) in [4.78, 5) is 37.0. The molecule has 0 aromatic rings. The fraction of sp³-hybridized carbons (Fsp3) is 0.727. The molecule has 0 aromatic heterocycles. The molecule has 0 spiro atoms. The van der Waals surface area contributed by atoms with Gasteiger partial charge in [-0.25, -0.2) is 0 Å². The second kappa shape index (κ2) is 45.3. The largest absolute Gasteiger partial charge is 0.544 e. The molecule has 0 fully saturated rings. The molecule has 0 aliphatic heterocycles. The van der Waals surface area contributed by atoms with Gasteiger partial charge in [-0.2, -0.15) is 0 Å². The number of ether oxygens (including phenoxy) is 3. The molecule has 0 aromatic carbocycles. The Morgan fingerprint density at radius 1 is 0.492 bits per heavy atom. The molecule has 2 atom stereocenters. The number of nitrogens with zero attached hydrogens (tertiary/aromatic N) is 1. The fourth-order valence-corrected chi connectivity index (χ4v) is 7.15. The SMILES string of the molecule is CC/C=C/C/C=C/C/C=C/C/C=C/CCCCCC(=O)OC(COCCC(C(=O)[O-])[N+](C)(C)C)COC(=O)CCCCCCCCC/C=C/C/C=C/CCCCCCCCCCC. The average Bonchev–Trinajstić information content (AvgIpc) is 3.24. The van der Waals surface area contributed by atoms with Crippen molar-refractivity contribution >= 4 is 17.9 Å². The van der Waals surface area contributed by atoms with Crippen molar-refractivity contribution in [2.24, 2.45) is 0 Å². The maximum atomic E-state index is 12.8. The topological polar surface area (TPSA) is 102 Å². The van der Waals surface area contributed by atoms with Crippen LogP contribution >= 0.6 is 0 Å². The summed E-state index contributed by atoms with van der Waals surface area (Å²) in [5.41, 5.74) is 0. The Bertz CT molecular complexity index is 1260. The minimum Gasteiger partial charge on any atom is -0.544 e. The highest BCUT2D eigenvalue weighted by atomic mass is 16.6. The summed E-state index contributed by atoms with van der Waals surface area (Å²) in [6, 6.07) is -0.737. The molecule has 0 N–H and O–H groups in total. The first-order valence-electron chi connectivity index (χ1n) is 25.5. The van der Waals surface area contributed by atoms with Gasteiger partial charge in [-0.3, -0.25) is 9.59 Å². The lowest BCUT2D eigenvalue weighted by Gasteiger charge is -2.34. The molecule has 0 heterocycles. The van der Waals surface area contributed by atoms with E-state index in [9.17, 15) is 19.5 Å². The van der Waals surface area contributed by atoms with Crippen molar-refractivity contribution < 1.29 is 38.2 Å². The molecule has 2 unspecified atom stereocenters. The second-order valence-electron chi connectivity index (χ2n) is 18.0. The summed E-state index contributed by atoms with van der Waals surface area (Å²) in [6.07, 6.45) is 58.0. The summed E-state index contributed by atoms with van der Waals surface area (Å²) in [5.74, 6) is -1.79. The molecular formula is C55H95NO7. The maximum Gasteiger partial charge on any atom is 0.306 e. The van der Waals surface area contributed by atoms with Gasteiger partial charge in [0.15, 0.2) is 6.10 Å². The number of quaternary nitrogens is 1. The molecule has 0 saturated carbocycles. The predicted octanol–water partition coefficient (Wildman–Crippen LogP) is 13.4. The molecular weight excluding hydrogens is 787 g/mol. The van der Waals surface area contributed by atoms with Crippen LogP contribution in [0.5, 0.6) is 0 Å². The number of rotatable bonds is 45. The Kier molecular flexibility index (Phi) is 43.0. The third-order valence-corrected chi connectivity index (χ3v) is 11.1. The Morgan fingerprint density at radius 3 is 1.33 bits per heavy atom. The normalized spacial score (nSPS) is 13.5. The van der Waals surface area contributed by atoms with E-state index in [1.165, 1.54) is 89.9 Å². The molecule has 8 heteroatoms. The fourth-order valence-electron chi connectivity index (χ4n) is 7.15. The first kappa shape index (κ1) is 59.8. The van der Waals surface area contributed by atoms with Gasteiger partial charge in [-0.15, -0.1) is 0 Å². The van der Waals surface area contributed by atoms with Crippen LogP contribution in [0.25, 0.3) is 0 Å². The average molecular weight is 882 g/mol. The highest BCUT2D eigenvalue weighted by Crippen LogP contribution is 2.14. The van der Waals surface area contributed by atoms with Crippen molar-refractivity contribution in [2.45, 2.75) is 219 Å². The minimum atomic E-state index is -1.13. The Balaban J connectivity index is 4.29. The molecule has 0 bridgehead atoms. The number of hydrogen-bond donors (Lipinski definition) is 0. The lowest BCUT2D eigenvalue weighted by Crippen LogP contribution is -2.55. The number of carboxylic acids is 1. The number of aliphatic carboxylic acids is 1. The third kappa shape index (κ3) is 43.8. The molecule has 0 aliphatic carbocycles. The molecule has 362 valence electrons. The second-order valence-corrected chi connectivity index (χ2v) is 18.0. The van der Waals surface area contributed by atoms with E-state index in [4.69, 9.17) is 14.2 Å². The van der Waals surface area contributed by atoms with Crippen molar-refractivity contribution in [3.8, 4) is 0 Å². The van der Waals surface area contributed by atoms with Gasteiger partial charge in [0.05, 0.1) is 40.3 Å². The molecule has 0 aliphatic rings. The quantitative estimate of drug-likeness (QED) is 0.0260. The molecule has 0 radical (unpaired) electrons. The zero-order valence-electron chi connectivity index (χ0n) is 41.2. The number of hydrogen-bond acceptors (Lipinski definition) is 7. The van der Waals surface area contributed by atoms with Crippen LogP contribution in [0.1, 0.15) is 206 Å². The van der Waals surface area contributed by atoms with E-state index in [1.54, 1.807) is 21.1 Å². The first-order valence-corrected chi connectivity index (χ1v) is 25.5. The smallest absolute Gasteiger partial charge is 0.306 e. The summed E-state index contributed by atoms with van der Waals surface area (Å²) in [5, 5.41) is 11.7. The minimum absolute atomic E-state index is 0.0219. The lowest BCUT2D eigenvalue weighted by atomic mass is 10.1. The maximum absolute atomic E-state index is 12.8. The van der Waals surface area contributed by atoms with Crippen LogP contribution < -0.4 is 5.11 Å². The number of allylic oxidation sites excluding steroid dienone is 12. The molecule has 0 amide bonds. The van der Waals surface area contributed by atoms with E-state index in [0.717, 1.165) is 77.0 Å². The van der Waals surface area contributed by atoms with Crippen LogP contribution in [0, 0.1) is 0 Å². The van der Waals surface area contributed by atoms with Crippen LogP contribution in [0.4, 0.5) is 0 Å².